The molecule has 6 nitrogen and oxygen atoms in total. The van der Waals surface area contributed by atoms with Gasteiger partial charge in [0, 0.05) is 23.7 Å². The lowest BCUT2D eigenvalue weighted by Gasteiger charge is -2.28. The molecule has 0 spiro atoms. The number of imidazole rings is 1. The first-order valence-corrected chi connectivity index (χ1v) is 14.9. The van der Waals surface area contributed by atoms with Crippen LogP contribution in [0.15, 0.2) is 72.9 Å². The molecule has 238 valence electrons. The van der Waals surface area contributed by atoms with E-state index in [1.165, 1.54) is 12.1 Å². The van der Waals surface area contributed by atoms with Gasteiger partial charge in [-0.3, -0.25) is 9.78 Å². The summed E-state index contributed by atoms with van der Waals surface area (Å²) < 4.78 is 78.0. The van der Waals surface area contributed by atoms with Crippen LogP contribution in [0.2, 0.25) is 0 Å². The first-order valence-electron chi connectivity index (χ1n) is 14.9. The quantitative estimate of drug-likeness (QED) is 0.173. The summed E-state index contributed by atoms with van der Waals surface area (Å²) in [5.41, 5.74) is 1.92. The molecular weight excluding hydrogens is 605 g/mol. The van der Waals surface area contributed by atoms with E-state index in [4.69, 9.17) is 9.72 Å². The number of alkyl halides is 3. The van der Waals surface area contributed by atoms with Gasteiger partial charge in [-0.2, -0.15) is 13.2 Å². The van der Waals surface area contributed by atoms with Crippen LogP contribution in [-0.2, 0) is 24.1 Å². The van der Waals surface area contributed by atoms with Gasteiger partial charge >= 0.3 is 12.1 Å². The van der Waals surface area contributed by atoms with E-state index in [9.17, 15) is 23.1 Å². The summed E-state index contributed by atoms with van der Waals surface area (Å²) in [5, 5.41) is 10.0. The number of aromatic nitrogens is 3. The molecule has 0 amide bonds. The molecule has 2 atom stereocenters. The minimum absolute atomic E-state index is 0.0850. The Hall–Kier alpha value is -4.80. The Morgan fingerprint density at radius 2 is 1.67 bits per heavy atom. The van der Waals surface area contributed by atoms with E-state index < -0.39 is 41.2 Å². The minimum atomic E-state index is -4.54. The van der Waals surface area contributed by atoms with Crippen molar-refractivity contribution in [1.82, 2.24) is 14.5 Å². The highest BCUT2D eigenvalue weighted by Crippen LogP contribution is 2.40. The molecule has 6 rings (SSSR count). The van der Waals surface area contributed by atoms with E-state index in [2.05, 4.69) is 4.98 Å². The predicted molar refractivity (Wildman–Crippen MR) is 161 cm³/mol. The van der Waals surface area contributed by atoms with Crippen molar-refractivity contribution in [3.63, 3.8) is 0 Å². The number of fused-ring (bicyclic) bond motifs is 1. The van der Waals surface area contributed by atoms with Crippen LogP contribution in [0.4, 0.5) is 22.0 Å². The normalized spacial score (nSPS) is 16.9. The Balaban J connectivity index is 1.38. The van der Waals surface area contributed by atoms with Crippen LogP contribution in [0.1, 0.15) is 59.8 Å². The van der Waals surface area contributed by atoms with Crippen LogP contribution >= 0.6 is 0 Å². The molecule has 2 heterocycles. The fourth-order valence-electron chi connectivity index (χ4n) is 6.07. The number of carboxylic acid groups (broad SMARTS) is 1. The maximum Gasteiger partial charge on any atom is 0.416 e. The Morgan fingerprint density at radius 3 is 2.33 bits per heavy atom. The predicted octanol–water partition coefficient (Wildman–Crippen LogP) is 8.69. The number of hydrogen-bond donors (Lipinski definition) is 1. The lowest BCUT2D eigenvalue weighted by molar-refractivity contribution is -0.143. The van der Waals surface area contributed by atoms with E-state index in [1.54, 1.807) is 29.0 Å². The number of carboxylic acids is 1. The Labute approximate surface area is 261 Å². The first-order chi connectivity index (χ1) is 22.0. The molecule has 5 aromatic rings. The molecule has 0 saturated heterocycles. The van der Waals surface area contributed by atoms with Crippen LogP contribution in [0.5, 0.6) is 5.75 Å². The molecule has 1 aliphatic carbocycles. The molecular formula is C35H30F5N3O3. The van der Waals surface area contributed by atoms with Crippen molar-refractivity contribution in [2.45, 2.75) is 57.9 Å². The van der Waals surface area contributed by atoms with Crippen LogP contribution in [0, 0.1) is 24.5 Å². The van der Waals surface area contributed by atoms with Crippen molar-refractivity contribution in [3.8, 4) is 16.9 Å². The molecule has 2 unspecified atom stereocenters. The molecule has 2 aromatic heterocycles. The third-order valence-corrected chi connectivity index (χ3v) is 8.53. The highest BCUT2D eigenvalue weighted by molar-refractivity contribution is 5.79. The highest BCUT2D eigenvalue weighted by atomic mass is 19.4. The molecule has 0 aliphatic heterocycles. The summed E-state index contributed by atoms with van der Waals surface area (Å²) in [5.74, 6) is -3.01. The monoisotopic (exact) mass is 635 g/mol. The molecule has 1 fully saturated rings. The van der Waals surface area contributed by atoms with Gasteiger partial charge in [-0.05, 0) is 78.9 Å². The van der Waals surface area contributed by atoms with Crippen molar-refractivity contribution in [1.29, 1.82) is 0 Å². The largest absolute Gasteiger partial charge is 0.487 e. The van der Waals surface area contributed by atoms with Gasteiger partial charge in [0.25, 0.3) is 0 Å². The Bertz CT molecular complexity index is 1860. The van der Waals surface area contributed by atoms with E-state index in [0.717, 1.165) is 42.7 Å². The number of aryl methyl sites for hydroxylation is 1. The lowest BCUT2D eigenvalue weighted by atomic mass is 9.78. The molecule has 3 aromatic carbocycles. The molecule has 1 aliphatic rings. The maximum absolute atomic E-state index is 15.7. The van der Waals surface area contributed by atoms with Gasteiger partial charge in [-0.1, -0.05) is 31.0 Å². The van der Waals surface area contributed by atoms with Gasteiger partial charge in [0.2, 0.25) is 0 Å². The number of halogens is 5. The van der Waals surface area contributed by atoms with Crippen molar-refractivity contribution in [3.05, 3.63) is 113 Å². The van der Waals surface area contributed by atoms with Gasteiger partial charge in [0.15, 0.2) is 0 Å². The zero-order valence-corrected chi connectivity index (χ0v) is 24.8. The standard InChI is InChI=1S/C35H30F5N3O3/c1-20-6-11-24(41-17-20)19-46-25-12-13-31-32(16-25)43(33(42-31)26-4-2-3-5-27(26)34(44)45)18-28-29(36)14-22(15-30(28)37)21-7-9-23(10-8-21)35(38,39)40/h6-17,26-27H,2-5,18-19H2,1H3,(H,44,45). The summed E-state index contributed by atoms with van der Waals surface area (Å²) in [6, 6.07) is 15.2. The average Bonchev–Trinajstić information content (AvgIpc) is 3.39. The molecule has 1 N–H and O–H groups in total. The number of aliphatic carboxylic acids is 1. The summed E-state index contributed by atoms with van der Waals surface area (Å²) >= 11 is 0. The fraction of sp³-hybridized carbons (Fsp3) is 0.286. The van der Waals surface area contributed by atoms with Crippen LogP contribution in [0.25, 0.3) is 22.2 Å². The zero-order valence-electron chi connectivity index (χ0n) is 24.8. The number of carbonyl (C=O) groups is 1. The Kier molecular flexibility index (Phi) is 8.50. The third kappa shape index (κ3) is 6.45. The lowest BCUT2D eigenvalue weighted by Crippen LogP contribution is -2.28. The summed E-state index contributed by atoms with van der Waals surface area (Å²) in [6.45, 7) is 1.83. The maximum atomic E-state index is 15.7. The number of ether oxygens (including phenoxy) is 1. The minimum Gasteiger partial charge on any atom is -0.487 e. The molecule has 46 heavy (non-hydrogen) atoms. The second kappa shape index (κ2) is 12.5. The van der Waals surface area contributed by atoms with Crippen molar-refractivity contribution in [2.75, 3.05) is 0 Å². The summed E-state index contributed by atoms with van der Waals surface area (Å²) in [4.78, 5) is 21.4. The number of pyridine rings is 1. The van der Waals surface area contributed by atoms with E-state index in [1.807, 2.05) is 19.1 Å². The van der Waals surface area contributed by atoms with E-state index >= 15 is 8.78 Å². The first kappa shape index (κ1) is 31.2. The SMILES string of the molecule is Cc1ccc(COc2ccc3nc(C4CCCCC4C(=O)O)n(Cc4c(F)cc(-c5ccc(C(F)(F)F)cc5)cc4F)c3c2)nc1. The molecule has 11 heteroatoms. The second-order valence-corrected chi connectivity index (χ2v) is 11.7. The summed E-state index contributed by atoms with van der Waals surface area (Å²) in [6.07, 6.45) is -0.234. The fourth-order valence-corrected chi connectivity index (χ4v) is 6.07. The van der Waals surface area contributed by atoms with E-state index in [-0.39, 0.29) is 29.8 Å². The van der Waals surface area contributed by atoms with Crippen molar-refractivity contribution >= 4 is 17.0 Å². The van der Waals surface area contributed by atoms with Gasteiger partial charge < -0.3 is 14.4 Å². The summed E-state index contributed by atoms with van der Waals surface area (Å²) in [7, 11) is 0. The number of hydrogen-bond acceptors (Lipinski definition) is 4. The van der Waals surface area contributed by atoms with Gasteiger partial charge in [-0.15, -0.1) is 0 Å². The number of rotatable bonds is 8. The average molecular weight is 636 g/mol. The number of nitrogens with zero attached hydrogens (tertiary/aromatic N) is 3. The van der Waals surface area contributed by atoms with Crippen LogP contribution in [0.3, 0.4) is 0 Å². The van der Waals surface area contributed by atoms with E-state index in [0.29, 0.717) is 41.1 Å². The highest BCUT2D eigenvalue weighted by Gasteiger charge is 2.36. The van der Waals surface area contributed by atoms with Crippen LogP contribution < -0.4 is 4.74 Å². The smallest absolute Gasteiger partial charge is 0.416 e. The van der Waals surface area contributed by atoms with Crippen molar-refractivity contribution in [2.24, 2.45) is 5.92 Å². The van der Waals surface area contributed by atoms with Gasteiger partial charge in [0.1, 0.15) is 29.8 Å². The van der Waals surface area contributed by atoms with Gasteiger partial charge in [0.05, 0.1) is 34.8 Å². The van der Waals surface area contributed by atoms with Crippen molar-refractivity contribution < 1.29 is 36.6 Å². The zero-order chi connectivity index (χ0) is 32.6. The van der Waals surface area contributed by atoms with Crippen LogP contribution in [-0.4, -0.2) is 25.6 Å². The molecule has 1 saturated carbocycles. The third-order valence-electron chi connectivity index (χ3n) is 8.53. The Morgan fingerprint density at radius 1 is 0.957 bits per heavy atom. The number of benzene rings is 3. The van der Waals surface area contributed by atoms with Gasteiger partial charge in [-0.25, -0.2) is 13.8 Å². The molecule has 0 bridgehead atoms. The molecule has 0 radical (unpaired) electrons. The topological polar surface area (TPSA) is 77.2 Å². The second-order valence-electron chi connectivity index (χ2n) is 11.7.